The van der Waals surface area contributed by atoms with Gasteiger partial charge in [0.05, 0.1) is 4.90 Å². The third kappa shape index (κ3) is 3.78. The van der Waals surface area contributed by atoms with Gasteiger partial charge in [0.15, 0.2) is 0 Å². The number of nitrogens with one attached hydrogen (secondary N) is 1. The van der Waals surface area contributed by atoms with Crippen LogP contribution in [0.5, 0.6) is 0 Å². The van der Waals surface area contributed by atoms with E-state index in [0.717, 1.165) is 4.31 Å². The van der Waals surface area contributed by atoms with Crippen molar-refractivity contribution < 1.29 is 17.6 Å². The number of carbonyl (C=O) groups is 1. The highest BCUT2D eigenvalue weighted by atomic mass is 35.5. The van der Waals surface area contributed by atoms with Crippen LogP contribution in [0.1, 0.15) is 12.8 Å². The predicted octanol–water partition coefficient (Wildman–Crippen LogP) is 3.24. The zero-order valence-corrected chi connectivity index (χ0v) is 16.7. The summed E-state index contributed by atoms with van der Waals surface area (Å²) >= 11 is 5.84. The molecule has 0 aliphatic carbocycles. The van der Waals surface area contributed by atoms with Gasteiger partial charge in [-0.1, -0.05) is 29.8 Å². The minimum Gasteiger partial charge on any atom is -0.421 e. The molecule has 0 saturated carbocycles. The number of amides is 1. The van der Waals surface area contributed by atoms with E-state index in [1.807, 2.05) is 0 Å². The maximum Gasteiger partial charge on any atom is 0.360 e. The highest BCUT2D eigenvalue weighted by Crippen LogP contribution is 2.27. The smallest absolute Gasteiger partial charge is 0.360 e. The SMILES string of the molecule is O=C(Nc1cc2ccccc2oc1=O)[C@@H]1CCCN1S(=O)(=O)c1ccc(Cl)cc1. The second kappa shape index (κ2) is 7.62. The number of hydrogen-bond donors (Lipinski definition) is 1. The first-order chi connectivity index (χ1) is 13.9. The minimum absolute atomic E-state index is 0.0237. The van der Waals surface area contributed by atoms with Crippen molar-refractivity contribution in [2.75, 3.05) is 11.9 Å². The third-order valence-electron chi connectivity index (χ3n) is 4.83. The Morgan fingerprint density at radius 3 is 2.62 bits per heavy atom. The zero-order valence-electron chi connectivity index (χ0n) is 15.2. The second-order valence-corrected chi connectivity index (χ2v) is 9.03. The summed E-state index contributed by atoms with van der Waals surface area (Å²) in [4.78, 5) is 25.1. The van der Waals surface area contributed by atoms with Crippen molar-refractivity contribution in [2.24, 2.45) is 0 Å². The van der Waals surface area contributed by atoms with Crippen molar-refractivity contribution in [3.05, 3.63) is 70.0 Å². The van der Waals surface area contributed by atoms with Gasteiger partial charge in [-0.3, -0.25) is 4.79 Å². The summed E-state index contributed by atoms with van der Waals surface area (Å²) in [5.74, 6) is -0.567. The van der Waals surface area contributed by atoms with Crippen LogP contribution < -0.4 is 10.9 Å². The van der Waals surface area contributed by atoms with Crippen molar-refractivity contribution in [2.45, 2.75) is 23.8 Å². The van der Waals surface area contributed by atoms with Gasteiger partial charge in [-0.25, -0.2) is 13.2 Å². The Labute approximate surface area is 171 Å². The van der Waals surface area contributed by atoms with Crippen LogP contribution in [-0.2, 0) is 14.8 Å². The number of hydrogen-bond acceptors (Lipinski definition) is 5. The Morgan fingerprint density at radius 2 is 1.86 bits per heavy atom. The molecule has 1 aliphatic heterocycles. The number of carbonyl (C=O) groups excluding carboxylic acids is 1. The molecule has 0 unspecified atom stereocenters. The van der Waals surface area contributed by atoms with Crippen molar-refractivity contribution >= 4 is 44.2 Å². The molecule has 1 aliphatic rings. The number of nitrogens with zero attached hydrogens (tertiary/aromatic N) is 1. The molecule has 2 heterocycles. The summed E-state index contributed by atoms with van der Waals surface area (Å²) in [6.07, 6.45) is 0.898. The van der Waals surface area contributed by atoms with Crippen LogP contribution in [0.25, 0.3) is 11.0 Å². The van der Waals surface area contributed by atoms with Crippen LogP contribution in [0.2, 0.25) is 5.02 Å². The third-order valence-corrected chi connectivity index (χ3v) is 7.00. The molecule has 29 heavy (non-hydrogen) atoms. The summed E-state index contributed by atoms with van der Waals surface area (Å²) in [5, 5.41) is 3.61. The number of para-hydroxylation sites is 1. The fourth-order valence-electron chi connectivity index (χ4n) is 3.40. The number of rotatable bonds is 4. The first-order valence-corrected chi connectivity index (χ1v) is 10.8. The fourth-order valence-corrected chi connectivity index (χ4v) is 5.18. The van der Waals surface area contributed by atoms with E-state index in [1.165, 1.54) is 30.3 Å². The average Bonchev–Trinajstić information content (AvgIpc) is 3.20. The molecule has 1 N–H and O–H groups in total. The van der Waals surface area contributed by atoms with Crippen molar-refractivity contribution in [3.8, 4) is 0 Å². The van der Waals surface area contributed by atoms with Crippen molar-refractivity contribution in [1.82, 2.24) is 4.31 Å². The number of benzene rings is 2. The molecular weight excluding hydrogens is 416 g/mol. The lowest BCUT2D eigenvalue weighted by molar-refractivity contribution is -0.119. The van der Waals surface area contributed by atoms with Crippen LogP contribution in [0.4, 0.5) is 5.69 Å². The molecule has 1 atom stereocenters. The lowest BCUT2D eigenvalue weighted by Gasteiger charge is -2.23. The first-order valence-electron chi connectivity index (χ1n) is 8.97. The summed E-state index contributed by atoms with van der Waals surface area (Å²) in [5.41, 5.74) is -0.310. The number of halogens is 1. The van der Waals surface area contributed by atoms with Crippen LogP contribution >= 0.6 is 11.6 Å². The molecule has 9 heteroatoms. The Morgan fingerprint density at radius 1 is 1.14 bits per heavy atom. The number of fused-ring (bicyclic) bond motifs is 1. The molecular formula is C20H17ClN2O5S. The molecule has 1 fully saturated rings. The van der Waals surface area contributed by atoms with E-state index in [0.29, 0.717) is 28.8 Å². The van der Waals surface area contributed by atoms with Crippen LogP contribution in [0, 0.1) is 0 Å². The number of anilines is 1. The highest BCUT2D eigenvalue weighted by molar-refractivity contribution is 7.89. The van der Waals surface area contributed by atoms with E-state index in [2.05, 4.69) is 5.32 Å². The molecule has 1 saturated heterocycles. The lowest BCUT2D eigenvalue weighted by Crippen LogP contribution is -2.43. The summed E-state index contributed by atoms with van der Waals surface area (Å²) in [6, 6.07) is 13.3. The lowest BCUT2D eigenvalue weighted by atomic mass is 10.2. The molecule has 2 aromatic carbocycles. The normalized spacial score (nSPS) is 17.5. The molecule has 0 radical (unpaired) electrons. The van der Waals surface area contributed by atoms with Crippen molar-refractivity contribution in [1.29, 1.82) is 0 Å². The van der Waals surface area contributed by atoms with E-state index in [9.17, 15) is 18.0 Å². The fraction of sp³-hybridized carbons (Fsp3) is 0.200. The Bertz CT molecular complexity index is 1240. The van der Waals surface area contributed by atoms with Gasteiger partial charge < -0.3 is 9.73 Å². The van der Waals surface area contributed by atoms with E-state index in [4.69, 9.17) is 16.0 Å². The molecule has 1 aromatic heterocycles. The monoisotopic (exact) mass is 432 g/mol. The van der Waals surface area contributed by atoms with Gasteiger partial charge in [0.2, 0.25) is 15.9 Å². The Balaban J connectivity index is 1.61. The maximum absolute atomic E-state index is 13.0. The van der Waals surface area contributed by atoms with E-state index in [1.54, 1.807) is 24.3 Å². The molecule has 0 spiro atoms. The van der Waals surface area contributed by atoms with Gasteiger partial charge in [-0.2, -0.15) is 4.31 Å². The highest BCUT2D eigenvalue weighted by Gasteiger charge is 2.39. The van der Waals surface area contributed by atoms with Gasteiger partial charge in [0, 0.05) is 17.0 Å². The molecule has 3 aromatic rings. The second-order valence-electron chi connectivity index (χ2n) is 6.70. The van der Waals surface area contributed by atoms with E-state index < -0.39 is 27.6 Å². The molecule has 1 amide bonds. The molecule has 4 rings (SSSR count). The van der Waals surface area contributed by atoms with Crippen LogP contribution in [0.3, 0.4) is 0 Å². The molecule has 0 bridgehead atoms. The Kier molecular flexibility index (Phi) is 5.16. The maximum atomic E-state index is 13.0. The van der Waals surface area contributed by atoms with E-state index >= 15 is 0 Å². The van der Waals surface area contributed by atoms with Gasteiger partial charge >= 0.3 is 5.63 Å². The predicted molar refractivity (Wildman–Crippen MR) is 109 cm³/mol. The van der Waals surface area contributed by atoms with Gasteiger partial charge in [0.1, 0.15) is 17.3 Å². The quantitative estimate of drug-likeness (QED) is 0.638. The Hall–Kier alpha value is -2.68. The number of sulfonamides is 1. The molecule has 150 valence electrons. The van der Waals surface area contributed by atoms with Gasteiger partial charge in [-0.05, 0) is 49.2 Å². The standard InChI is InChI=1S/C20H17ClN2O5S/c21-14-7-9-15(10-8-14)29(26,27)23-11-3-5-17(23)19(24)22-16-12-13-4-1-2-6-18(13)28-20(16)25/h1-2,4,6-10,12,17H,3,5,11H2,(H,22,24)/t17-/m0/s1. The summed E-state index contributed by atoms with van der Waals surface area (Å²) in [6.45, 7) is 0.218. The van der Waals surface area contributed by atoms with Crippen molar-refractivity contribution in [3.63, 3.8) is 0 Å². The molecule has 7 nitrogen and oxygen atoms in total. The topological polar surface area (TPSA) is 96.7 Å². The van der Waals surface area contributed by atoms with Gasteiger partial charge in [0.25, 0.3) is 0 Å². The first kappa shape index (κ1) is 19.6. The summed E-state index contributed by atoms with van der Waals surface area (Å²) < 4.78 is 32.3. The van der Waals surface area contributed by atoms with Crippen LogP contribution in [0.15, 0.2) is 68.7 Å². The van der Waals surface area contributed by atoms with E-state index in [-0.39, 0.29) is 17.1 Å². The largest absolute Gasteiger partial charge is 0.421 e. The van der Waals surface area contributed by atoms with Crippen LogP contribution in [-0.4, -0.2) is 31.2 Å². The van der Waals surface area contributed by atoms with Gasteiger partial charge in [-0.15, -0.1) is 0 Å². The minimum atomic E-state index is -3.87. The zero-order chi connectivity index (χ0) is 20.6. The summed E-state index contributed by atoms with van der Waals surface area (Å²) in [7, 11) is -3.87. The average molecular weight is 433 g/mol.